The van der Waals surface area contributed by atoms with E-state index < -0.39 is 23.8 Å². The van der Waals surface area contributed by atoms with Crippen molar-refractivity contribution in [2.24, 2.45) is 5.92 Å². The molecular weight excluding hydrogens is 525 g/mol. The lowest BCUT2D eigenvalue weighted by Gasteiger charge is -2.20. The number of carboxylic acid groups (broad SMARTS) is 1. The summed E-state index contributed by atoms with van der Waals surface area (Å²) in [6.45, 7) is 2.20. The summed E-state index contributed by atoms with van der Waals surface area (Å²) in [5, 5.41) is 9.13. The van der Waals surface area contributed by atoms with Gasteiger partial charge in [-0.3, -0.25) is 4.79 Å². The molecule has 6 nitrogen and oxygen atoms in total. The fourth-order valence-corrected chi connectivity index (χ4v) is 5.88. The molecule has 3 aromatic carbocycles. The first-order valence-corrected chi connectivity index (χ1v) is 13.5. The van der Waals surface area contributed by atoms with Crippen LogP contribution in [0.15, 0.2) is 54.6 Å². The van der Waals surface area contributed by atoms with Crippen LogP contribution in [0, 0.1) is 5.92 Å². The molecule has 210 valence electrons. The second-order valence-electron chi connectivity index (χ2n) is 10.6. The van der Waals surface area contributed by atoms with Gasteiger partial charge in [-0.15, -0.1) is 0 Å². The van der Waals surface area contributed by atoms with Gasteiger partial charge in [0.15, 0.2) is 0 Å². The minimum atomic E-state index is -4.51. The van der Waals surface area contributed by atoms with Gasteiger partial charge in [0.2, 0.25) is 0 Å². The summed E-state index contributed by atoms with van der Waals surface area (Å²) in [7, 11) is 0. The number of carbonyl (C=O) groups is 1. The molecule has 1 saturated heterocycles. The van der Waals surface area contributed by atoms with Crippen molar-refractivity contribution in [1.29, 1.82) is 0 Å². The Kier molecular flexibility index (Phi) is 7.08. The van der Waals surface area contributed by atoms with Gasteiger partial charge in [-0.2, -0.15) is 13.2 Å². The number of fused-ring (bicyclic) bond motifs is 2. The van der Waals surface area contributed by atoms with E-state index in [9.17, 15) is 18.0 Å². The van der Waals surface area contributed by atoms with Gasteiger partial charge in [0.1, 0.15) is 23.4 Å². The molecule has 0 spiro atoms. The number of hydrogen-bond acceptors (Lipinski definition) is 5. The molecule has 9 heteroatoms. The van der Waals surface area contributed by atoms with Crippen LogP contribution in [-0.2, 0) is 22.1 Å². The van der Waals surface area contributed by atoms with E-state index in [1.165, 1.54) is 6.07 Å². The molecule has 1 aliphatic carbocycles. The third-order valence-electron chi connectivity index (χ3n) is 7.87. The summed E-state index contributed by atoms with van der Waals surface area (Å²) < 4.78 is 65.6. The predicted molar refractivity (Wildman–Crippen MR) is 140 cm³/mol. The van der Waals surface area contributed by atoms with E-state index in [1.54, 1.807) is 36.4 Å². The summed E-state index contributed by atoms with van der Waals surface area (Å²) in [6, 6.07) is 14.8. The van der Waals surface area contributed by atoms with Crippen LogP contribution in [0.4, 0.5) is 13.2 Å². The number of alkyl halides is 3. The topological polar surface area (TPSA) is 74.2 Å². The van der Waals surface area contributed by atoms with Crippen molar-refractivity contribution in [3.8, 4) is 28.4 Å². The highest BCUT2D eigenvalue weighted by molar-refractivity contribution is 5.75. The lowest BCUT2D eigenvalue weighted by atomic mass is 9.91. The minimum Gasteiger partial charge on any atom is -0.493 e. The Bertz CT molecular complexity index is 1400. The molecule has 0 radical (unpaired) electrons. The van der Waals surface area contributed by atoms with Crippen molar-refractivity contribution in [3.05, 3.63) is 76.9 Å². The lowest BCUT2D eigenvalue weighted by Crippen LogP contribution is -2.12. The predicted octanol–water partition coefficient (Wildman–Crippen LogP) is 6.80. The second kappa shape index (κ2) is 10.7. The molecule has 0 saturated carbocycles. The van der Waals surface area contributed by atoms with Crippen molar-refractivity contribution in [1.82, 2.24) is 0 Å². The van der Waals surface area contributed by atoms with Crippen molar-refractivity contribution < 1.29 is 42.0 Å². The molecule has 0 bridgehead atoms. The van der Waals surface area contributed by atoms with Crippen LogP contribution < -0.4 is 14.2 Å². The molecule has 0 amide bonds. The fraction of sp³-hybridized carbons (Fsp3) is 0.387. The fourth-order valence-electron chi connectivity index (χ4n) is 5.88. The van der Waals surface area contributed by atoms with Gasteiger partial charge in [-0.05, 0) is 65.8 Å². The SMILES string of the molecule is O=C(O)C[C@@H]1COc2cc(O[C@@H]3CCc4c3ccc(C(F)(F)F)c4-c3ccc(OC[C@@H]4CCOC4)cc3)ccc21. The second-order valence-corrected chi connectivity index (χ2v) is 10.6. The smallest absolute Gasteiger partial charge is 0.417 e. The summed E-state index contributed by atoms with van der Waals surface area (Å²) in [5.74, 6) is 0.947. The number of rotatable bonds is 8. The quantitative estimate of drug-likeness (QED) is 0.330. The Morgan fingerprint density at radius 3 is 2.48 bits per heavy atom. The first-order valence-electron chi connectivity index (χ1n) is 13.5. The Hall–Kier alpha value is -3.72. The normalized spacial score (nSPS) is 21.5. The zero-order valence-corrected chi connectivity index (χ0v) is 21.7. The van der Waals surface area contributed by atoms with Gasteiger partial charge in [-0.25, -0.2) is 0 Å². The molecule has 1 N–H and O–H groups in total. The van der Waals surface area contributed by atoms with Gasteiger partial charge >= 0.3 is 12.1 Å². The zero-order chi connectivity index (χ0) is 27.9. The van der Waals surface area contributed by atoms with E-state index in [-0.39, 0.29) is 17.9 Å². The molecule has 2 aliphatic heterocycles. The first-order chi connectivity index (χ1) is 19.3. The largest absolute Gasteiger partial charge is 0.493 e. The maximum absolute atomic E-state index is 14.1. The molecule has 6 rings (SSSR count). The number of ether oxygens (including phenoxy) is 4. The maximum Gasteiger partial charge on any atom is 0.417 e. The summed E-state index contributed by atoms with van der Waals surface area (Å²) >= 11 is 0. The van der Waals surface area contributed by atoms with Crippen molar-refractivity contribution in [2.45, 2.75) is 43.9 Å². The molecule has 3 aliphatic rings. The lowest BCUT2D eigenvalue weighted by molar-refractivity contribution is -0.138. The van der Waals surface area contributed by atoms with Crippen LogP contribution in [-0.4, -0.2) is 37.5 Å². The summed E-state index contributed by atoms with van der Waals surface area (Å²) in [5.41, 5.74) is 2.18. The van der Waals surface area contributed by atoms with E-state index in [1.807, 2.05) is 6.07 Å². The standard InChI is InChI=1S/C31H29F3O6/c32-31(33,34)26-9-7-24-25(30(26)19-1-3-21(4-2-19)38-16-18-11-12-37-15-18)8-10-27(24)40-22-5-6-23-20(13-29(35)36)17-39-28(23)14-22/h1-7,9,14,18,20,27H,8,10-13,15-17H2,(H,35,36)/t18-,20-,27-/m1/s1. The van der Waals surface area contributed by atoms with Gasteiger partial charge in [-0.1, -0.05) is 24.3 Å². The highest BCUT2D eigenvalue weighted by Gasteiger charge is 2.38. The van der Waals surface area contributed by atoms with E-state index in [0.717, 1.165) is 30.2 Å². The van der Waals surface area contributed by atoms with E-state index >= 15 is 0 Å². The molecule has 40 heavy (non-hydrogen) atoms. The summed E-state index contributed by atoms with van der Waals surface area (Å²) in [6.07, 6.45) is -3.02. The Balaban J connectivity index is 1.25. The Morgan fingerprint density at radius 2 is 1.75 bits per heavy atom. The molecule has 3 atom stereocenters. The average molecular weight is 555 g/mol. The highest BCUT2D eigenvalue weighted by Crippen LogP contribution is 2.47. The third kappa shape index (κ3) is 5.35. The first kappa shape index (κ1) is 26.5. The number of halogens is 3. The zero-order valence-electron chi connectivity index (χ0n) is 21.7. The van der Waals surface area contributed by atoms with Gasteiger partial charge in [0.25, 0.3) is 0 Å². The van der Waals surface area contributed by atoms with E-state index in [0.29, 0.717) is 67.0 Å². The van der Waals surface area contributed by atoms with Crippen LogP contribution in [0.3, 0.4) is 0 Å². The Morgan fingerprint density at radius 1 is 0.975 bits per heavy atom. The molecule has 0 unspecified atom stereocenters. The Labute approximate surface area is 229 Å². The van der Waals surface area contributed by atoms with E-state index in [4.69, 9.17) is 24.1 Å². The monoisotopic (exact) mass is 554 g/mol. The van der Waals surface area contributed by atoms with Gasteiger partial charge in [0, 0.05) is 30.1 Å². The highest BCUT2D eigenvalue weighted by atomic mass is 19.4. The van der Waals surface area contributed by atoms with E-state index in [2.05, 4.69) is 0 Å². The molecular formula is C31H29F3O6. The van der Waals surface area contributed by atoms with Crippen LogP contribution in [0.2, 0.25) is 0 Å². The van der Waals surface area contributed by atoms with Crippen molar-refractivity contribution in [2.75, 3.05) is 26.4 Å². The van der Waals surface area contributed by atoms with Crippen molar-refractivity contribution in [3.63, 3.8) is 0 Å². The third-order valence-corrected chi connectivity index (χ3v) is 7.87. The van der Waals surface area contributed by atoms with Crippen LogP contribution in [0.5, 0.6) is 17.2 Å². The number of hydrogen-bond donors (Lipinski definition) is 1. The molecule has 2 heterocycles. The summed E-state index contributed by atoms with van der Waals surface area (Å²) in [4.78, 5) is 11.1. The van der Waals surface area contributed by atoms with Crippen LogP contribution >= 0.6 is 0 Å². The van der Waals surface area contributed by atoms with Gasteiger partial charge in [0.05, 0.1) is 31.8 Å². The number of benzene rings is 3. The van der Waals surface area contributed by atoms with Crippen molar-refractivity contribution >= 4 is 5.97 Å². The van der Waals surface area contributed by atoms with Crippen LogP contribution in [0.1, 0.15) is 53.5 Å². The maximum atomic E-state index is 14.1. The van der Waals surface area contributed by atoms with Crippen LogP contribution in [0.25, 0.3) is 11.1 Å². The minimum absolute atomic E-state index is 0.0178. The molecule has 1 fully saturated rings. The average Bonchev–Trinajstić information content (AvgIpc) is 3.68. The molecule has 0 aromatic heterocycles. The van der Waals surface area contributed by atoms with Gasteiger partial charge < -0.3 is 24.1 Å². The number of carboxylic acids is 1. The number of aliphatic carboxylic acids is 1. The molecule has 3 aromatic rings.